The van der Waals surface area contributed by atoms with Crippen molar-refractivity contribution in [2.45, 2.75) is 12.7 Å². The number of nitrogens with one attached hydrogen (secondary N) is 1. The largest absolute Gasteiger partial charge is 0.455 e. The Morgan fingerprint density at radius 2 is 1.64 bits per heavy atom. The minimum atomic E-state index is -4.73. The smallest absolute Gasteiger partial charge is 0.419 e. The summed E-state index contributed by atoms with van der Waals surface area (Å²) in [5, 5.41) is 2.66. The summed E-state index contributed by atoms with van der Waals surface area (Å²) >= 11 is 0. The van der Waals surface area contributed by atoms with Crippen LogP contribution in [0.2, 0.25) is 0 Å². The van der Waals surface area contributed by atoms with Gasteiger partial charge in [0.15, 0.2) is 0 Å². The predicted molar refractivity (Wildman–Crippen MR) is 87.2 cm³/mol. The lowest BCUT2D eigenvalue weighted by atomic mass is 10.2. The predicted octanol–water partition coefficient (Wildman–Crippen LogP) is 5.32. The van der Waals surface area contributed by atoms with Gasteiger partial charge in [-0.1, -0.05) is 0 Å². The Morgan fingerprint density at radius 1 is 0.929 bits per heavy atom. The zero-order valence-corrected chi connectivity index (χ0v) is 13.9. The van der Waals surface area contributed by atoms with E-state index in [-0.39, 0.29) is 23.7 Å². The second-order valence-electron chi connectivity index (χ2n) is 5.55. The Balaban J connectivity index is 1.73. The van der Waals surface area contributed by atoms with Crippen LogP contribution >= 0.6 is 0 Å². The average Bonchev–Trinajstić information content (AvgIpc) is 2.62. The Kier molecular flexibility index (Phi) is 5.39. The highest BCUT2D eigenvalue weighted by atomic mass is 19.4. The summed E-state index contributed by atoms with van der Waals surface area (Å²) in [6.45, 7) is -0.227. The van der Waals surface area contributed by atoms with E-state index in [1.54, 1.807) is 0 Å². The molecule has 0 spiro atoms. The van der Waals surface area contributed by atoms with Crippen LogP contribution in [0.5, 0.6) is 11.5 Å². The first-order valence-corrected chi connectivity index (χ1v) is 7.76. The number of halogens is 6. The maximum absolute atomic E-state index is 13.5. The van der Waals surface area contributed by atoms with E-state index in [9.17, 15) is 26.3 Å². The van der Waals surface area contributed by atoms with Crippen LogP contribution in [-0.2, 0) is 12.7 Å². The van der Waals surface area contributed by atoms with Crippen LogP contribution in [0.3, 0.4) is 0 Å². The Morgan fingerprint density at radius 3 is 2.25 bits per heavy atom. The molecule has 0 aliphatic heterocycles. The van der Waals surface area contributed by atoms with E-state index in [2.05, 4.69) is 15.3 Å². The summed E-state index contributed by atoms with van der Waals surface area (Å²) in [6.07, 6.45) is -1.91. The second-order valence-corrected chi connectivity index (χ2v) is 5.55. The Hall–Kier alpha value is -3.30. The molecule has 0 fully saturated rings. The number of hydrogen-bond acceptors (Lipinski definition) is 4. The van der Waals surface area contributed by atoms with Gasteiger partial charge in [-0.25, -0.2) is 18.2 Å². The third-order valence-corrected chi connectivity index (χ3v) is 3.61. The van der Waals surface area contributed by atoms with Crippen molar-refractivity contribution in [3.63, 3.8) is 0 Å². The van der Waals surface area contributed by atoms with Crippen LogP contribution in [0.1, 0.15) is 11.1 Å². The fourth-order valence-electron chi connectivity index (χ4n) is 2.27. The zero-order chi connectivity index (χ0) is 20.3. The van der Waals surface area contributed by atoms with Gasteiger partial charge >= 0.3 is 6.18 Å². The standard InChI is InChI=1S/C18H11F6N3O/c19-10-1-3-13(18(22,23)24)16(5-10)28-11-2-4-17(26-6-11)27-7-12-14(20)8-25-9-15(12)21/h1-6,8-9H,7H2,(H,26,27). The Bertz CT molecular complexity index is 956. The molecule has 3 rings (SSSR count). The molecule has 0 aliphatic carbocycles. The summed E-state index contributed by atoms with van der Waals surface area (Å²) in [6, 6.07) is 4.48. The van der Waals surface area contributed by atoms with Gasteiger partial charge in [-0.2, -0.15) is 13.2 Å². The molecule has 3 aromatic rings. The van der Waals surface area contributed by atoms with E-state index in [0.717, 1.165) is 18.6 Å². The summed E-state index contributed by atoms with van der Waals surface area (Å²) in [5.74, 6) is -3.16. The summed E-state index contributed by atoms with van der Waals surface area (Å²) in [5.41, 5.74) is -1.38. The quantitative estimate of drug-likeness (QED) is 0.590. The third kappa shape index (κ3) is 4.51. The molecule has 0 aliphatic rings. The van der Waals surface area contributed by atoms with Crippen molar-refractivity contribution < 1.29 is 31.1 Å². The number of alkyl halides is 3. The molecular formula is C18H11F6N3O. The van der Waals surface area contributed by atoms with E-state index in [4.69, 9.17) is 4.74 Å². The van der Waals surface area contributed by atoms with Crippen LogP contribution in [0.4, 0.5) is 32.2 Å². The molecule has 1 N–H and O–H groups in total. The molecule has 4 nitrogen and oxygen atoms in total. The number of benzene rings is 1. The van der Waals surface area contributed by atoms with Gasteiger partial charge < -0.3 is 10.1 Å². The average molecular weight is 399 g/mol. The van der Waals surface area contributed by atoms with Gasteiger partial charge in [-0.3, -0.25) is 4.98 Å². The number of pyridine rings is 2. The Labute approximate surface area is 154 Å². The maximum atomic E-state index is 13.5. The van der Waals surface area contributed by atoms with Gasteiger partial charge in [0.05, 0.1) is 24.2 Å². The van der Waals surface area contributed by atoms with Crippen molar-refractivity contribution in [1.82, 2.24) is 9.97 Å². The lowest BCUT2D eigenvalue weighted by Crippen LogP contribution is -2.08. The van der Waals surface area contributed by atoms with Gasteiger partial charge in [0, 0.05) is 18.2 Å². The van der Waals surface area contributed by atoms with Gasteiger partial charge in [0.25, 0.3) is 0 Å². The number of aromatic nitrogens is 2. The summed E-state index contributed by atoms with van der Waals surface area (Å²) in [4.78, 5) is 7.26. The third-order valence-electron chi connectivity index (χ3n) is 3.61. The molecule has 10 heteroatoms. The van der Waals surface area contributed by atoms with E-state index in [0.29, 0.717) is 18.2 Å². The first-order chi connectivity index (χ1) is 13.2. The molecule has 28 heavy (non-hydrogen) atoms. The van der Waals surface area contributed by atoms with Crippen molar-refractivity contribution in [1.29, 1.82) is 0 Å². The first-order valence-electron chi connectivity index (χ1n) is 7.76. The monoisotopic (exact) mass is 399 g/mol. The van der Waals surface area contributed by atoms with E-state index in [1.165, 1.54) is 12.1 Å². The highest BCUT2D eigenvalue weighted by Gasteiger charge is 2.34. The van der Waals surface area contributed by atoms with Crippen molar-refractivity contribution in [2.24, 2.45) is 0 Å². The fraction of sp³-hybridized carbons (Fsp3) is 0.111. The van der Waals surface area contributed by atoms with Gasteiger partial charge in [-0.15, -0.1) is 0 Å². The van der Waals surface area contributed by atoms with Crippen LogP contribution in [0.25, 0.3) is 0 Å². The number of nitrogens with zero attached hydrogens (tertiary/aromatic N) is 2. The molecule has 0 unspecified atom stereocenters. The number of anilines is 1. The summed E-state index contributed by atoms with van der Waals surface area (Å²) in [7, 11) is 0. The van der Waals surface area contributed by atoms with E-state index in [1.807, 2.05) is 0 Å². The molecule has 0 radical (unpaired) electrons. The highest BCUT2D eigenvalue weighted by Crippen LogP contribution is 2.38. The molecule has 0 bridgehead atoms. The van der Waals surface area contributed by atoms with Gasteiger partial charge in [0.2, 0.25) is 0 Å². The normalized spacial score (nSPS) is 11.4. The van der Waals surface area contributed by atoms with Crippen molar-refractivity contribution in [2.75, 3.05) is 5.32 Å². The molecule has 0 atom stereocenters. The lowest BCUT2D eigenvalue weighted by molar-refractivity contribution is -0.138. The molecule has 0 amide bonds. The van der Waals surface area contributed by atoms with Crippen molar-refractivity contribution in [3.8, 4) is 11.5 Å². The maximum Gasteiger partial charge on any atom is 0.419 e. The van der Waals surface area contributed by atoms with Crippen LogP contribution < -0.4 is 10.1 Å². The molecule has 146 valence electrons. The van der Waals surface area contributed by atoms with Crippen LogP contribution in [-0.4, -0.2) is 9.97 Å². The summed E-state index contributed by atoms with van der Waals surface area (Å²) < 4.78 is 84.4. The van der Waals surface area contributed by atoms with E-state index < -0.39 is 34.9 Å². The molecule has 0 saturated heterocycles. The topological polar surface area (TPSA) is 47.0 Å². The molecular weight excluding hydrogens is 388 g/mol. The van der Waals surface area contributed by atoms with Crippen LogP contribution in [0, 0.1) is 17.5 Å². The molecule has 2 aromatic heterocycles. The number of rotatable bonds is 5. The number of hydrogen-bond donors (Lipinski definition) is 1. The van der Waals surface area contributed by atoms with Crippen molar-refractivity contribution >= 4 is 5.82 Å². The van der Waals surface area contributed by atoms with Gasteiger partial charge in [-0.05, 0) is 24.3 Å². The SMILES string of the molecule is Fc1ccc(C(F)(F)F)c(Oc2ccc(NCc3c(F)cncc3F)nc2)c1. The first kappa shape index (κ1) is 19.5. The molecule has 0 saturated carbocycles. The minimum absolute atomic E-state index is 0.0806. The van der Waals surface area contributed by atoms with Crippen molar-refractivity contribution in [3.05, 3.63) is 77.5 Å². The van der Waals surface area contributed by atoms with E-state index >= 15 is 0 Å². The van der Waals surface area contributed by atoms with Gasteiger partial charge in [0.1, 0.15) is 34.8 Å². The fourth-order valence-corrected chi connectivity index (χ4v) is 2.27. The van der Waals surface area contributed by atoms with Crippen LogP contribution in [0.15, 0.2) is 48.9 Å². The number of ether oxygens (including phenoxy) is 1. The minimum Gasteiger partial charge on any atom is -0.455 e. The highest BCUT2D eigenvalue weighted by molar-refractivity contribution is 5.42. The lowest BCUT2D eigenvalue weighted by Gasteiger charge is -2.14. The molecule has 1 aromatic carbocycles. The second kappa shape index (κ2) is 7.75. The zero-order valence-electron chi connectivity index (χ0n) is 13.9. The molecule has 2 heterocycles.